The minimum atomic E-state index is -0.606. The van der Waals surface area contributed by atoms with E-state index in [0.717, 1.165) is 17.1 Å². The summed E-state index contributed by atoms with van der Waals surface area (Å²) < 4.78 is 11.5. The number of benzene rings is 1. The number of anilines is 1. The molecule has 8 heteroatoms. The molecule has 1 amide bonds. The van der Waals surface area contributed by atoms with Gasteiger partial charge in [0.15, 0.2) is 17.3 Å². The van der Waals surface area contributed by atoms with E-state index in [1.165, 1.54) is 0 Å². The SMILES string of the molecule is O=C(C1COc2ccccc2O1)N1CCN(c2ccc(-c3cccnc3)nn2)CC1. The van der Waals surface area contributed by atoms with Gasteiger partial charge in [0.1, 0.15) is 6.61 Å². The average molecular weight is 403 g/mol. The van der Waals surface area contributed by atoms with Gasteiger partial charge >= 0.3 is 0 Å². The molecule has 2 aliphatic rings. The van der Waals surface area contributed by atoms with E-state index in [9.17, 15) is 4.79 Å². The third-order valence-corrected chi connectivity index (χ3v) is 5.31. The lowest BCUT2D eigenvalue weighted by Gasteiger charge is -2.37. The molecule has 1 atom stereocenters. The van der Waals surface area contributed by atoms with Gasteiger partial charge in [0.25, 0.3) is 5.91 Å². The number of carbonyl (C=O) groups is 1. The van der Waals surface area contributed by atoms with E-state index in [1.807, 2.05) is 53.4 Å². The van der Waals surface area contributed by atoms with Crippen LogP contribution in [-0.4, -0.2) is 64.9 Å². The molecule has 152 valence electrons. The fourth-order valence-corrected chi connectivity index (χ4v) is 3.66. The van der Waals surface area contributed by atoms with Crippen LogP contribution in [0.3, 0.4) is 0 Å². The van der Waals surface area contributed by atoms with Crippen LogP contribution in [0.5, 0.6) is 11.5 Å². The summed E-state index contributed by atoms with van der Waals surface area (Å²) in [5, 5.41) is 8.69. The molecule has 0 N–H and O–H groups in total. The molecule has 1 unspecified atom stereocenters. The standard InChI is InChI=1S/C22H21N5O3/c28-22(20-15-29-18-5-1-2-6-19(18)30-20)27-12-10-26(11-13-27)21-8-7-17(24-25-21)16-4-3-9-23-14-16/h1-9,14,20H,10-13,15H2. The maximum Gasteiger partial charge on any atom is 0.267 e. The summed E-state index contributed by atoms with van der Waals surface area (Å²) in [6.45, 7) is 2.82. The number of aromatic nitrogens is 3. The summed E-state index contributed by atoms with van der Waals surface area (Å²) in [7, 11) is 0. The normalized spacial score (nSPS) is 18.2. The largest absolute Gasteiger partial charge is 0.485 e. The van der Waals surface area contributed by atoms with Gasteiger partial charge in [-0.1, -0.05) is 12.1 Å². The van der Waals surface area contributed by atoms with E-state index in [1.54, 1.807) is 12.4 Å². The Labute approximate surface area is 174 Å². The monoisotopic (exact) mass is 403 g/mol. The van der Waals surface area contributed by atoms with E-state index in [-0.39, 0.29) is 12.5 Å². The number of ether oxygens (including phenoxy) is 2. The number of amides is 1. The van der Waals surface area contributed by atoms with Crippen LogP contribution in [0, 0.1) is 0 Å². The van der Waals surface area contributed by atoms with Crippen LogP contribution in [0.25, 0.3) is 11.3 Å². The maximum atomic E-state index is 12.9. The van der Waals surface area contributed by atoms with Crippen molar-refractivity contribution in [2.24, 2.45) is 0 Å². The Kier molecular flexibility index (Phi) is 4.88. The van der Waals surface area contributed by atoms with Gasteiger partial charge in [-0.3, -0.25) is 9.78 Å². The first kappa shape index (κ1) is 18.4. The molecule has 1 fully saturated rings. The highest BCUT2D eigenvalue weighted by Gasteiger charge is 2.32. The van der Waals surface area contributed by atoms with Crippen molar-refractivity contribution in [2.75, 3.05) is 37.7 Å². The Morgan fingerprint density at radius 1 is 0.933 bits per heavy atom. The zero-order valence-corrected chi connectivity index (χ0v) is 16.3. The topological polar surface area (TPSA) is 80.7 Å². The molecule has 30 heavy (non-hydrogen) atoms. The summed E-state index contributed by atoms with van der Waals surface area (Å²) in [6.07, 6.45) is 2.89. The van der Waals surface area contributed by atoms with E-state index in [0.29, 0.717) is 37.7 Å². The lowest BCUT2D eigenvalue weighted by atomic mass is 10.2. The Morgan fingerprint density at radius 3 is 2.50 bits per heavy atom. The second kappa shape index (κ2) is 7.98. The van der Waals surface area contributed by atoms with E-state index in [2.05, 4.69) is 20.1 Å². The Bertz CT molecular complexity index is 1020. The van der Waals surface area contributed by atoms with Crippen LogP contribution >= 0.6 is 0 Å². The van der Waals surface area contributed by atoms with Crippen LogP contribution in [0.15, 0.2) is 60.9 Å². The number of hydrogen-bond acceptors (Lipinski definition) is 7. The molecule has 1 aromatic carbocycles. The number of nitrogens with zero attached hydrogens (tertiary/aromatic N) is 5. The molecule has 2 aliphatic heterocycles. The van der Waals surface area contributed by atoms with Gasteiger partial charge in [-0.25, -0.2) is 0 Å². The summed E-state index contributed by atoms with van der Waals surface area (Å²) in [5.74, 6) is 2.06. The number of fused-ring (bicyclic) bond motifs is 1. The van der Waals surface area contributed by atoms with Crippen molar-refractivity contribution in [3.8, 4) is 22.8 Å². The predicted octanol–water partition coefficient (Wildman–Crippen LogP) is 2.03. The fourth-order valence-electron chi connectivity index (χ4n) is 3.66. The molecular formula is C22H21N5O3. The van der Waals surface area contributed by atoms with Crippen molar-refractivity contribution in [1.82, 2.24) is 20.1 Å². The van der Waals surface area contributed by atoms with Crippen molar-refractivity contribution in [3.05, 3.63) is 60.9 Å². The second-order valence-electron chi connectivity index (χ2n) is 7.20. The maximum absolute atomic E-state index is 12.9. The fraction of sp³-hybridized carbons (Fsp3) is 0.273. The van der Waals surface area contributed by atoms with E-state index in [4.69, 9.17) is 9.47 Å². The number of pyridine rings is 1. The van der Waals surface area contributed by atoms with Crippen molar-refractivity contribution in [2.45, 2.75) is 6.10 Å². The highest BCUT2D eigenvalue weighted by atomic mass is 16.6. The van der Waals surface area contributed by atoms with Crippen LogP contribution in [0.1, 0.15) is 0 Å². The van der Waals surface area contributed by atoms with Gasteiger partial charge in [0.05, 0.1) is 5.69 Å². The predicted molar refractivity (Wildman–Crippen MR) is 110 cm³/mol. The van der Waals surface area contributed by atoms with Crippen LogP contribution < -0.4 is 14.4 Å². The van der Waals surface area contributed by atoms with Crippen molar-refractivity contribution >= 4 is 11.7 Å². The van der Waals surface area contributed by atoms with E-state index >= 15 is 0 Å². The summed E-state index contributed by atoms with van der Waals surface area (Å²) in [5.41, 5.74) is 1.72. The summed E-state index contributed by atoms with van der Waals surface area (Å²) >= 11 is 0. The third-order valence-electron chi connectivity index (χ3n) is 5.31. The molecule has 0 aliphatic carbocycles. The van der Waals surface area contributed by atoms with Gasteiger partial charge in [0, 0.05) is 44.1 Å². The number of piperazine rings is 1. The number of hydrogen-bond donors (Lipinski definition) is 0. The zero-order valence-electron chi connectivity index (χ0n) is 16.3. The van der Waals surface area contributed by atoms with Gasteiger partial charge in [-0.2, -0.15) is 0 Å². The van der Waals surface area contributed by atoms with Crippen molar-refractivity contribution in [1.29, 1.82) is 0 Å². The first-order valence-corrected chi connectivity index (χ1v) is 9.94. The minimum absolute atomic E-state index is 0.0397. The molecule has 2 aromatic heterocycles. The number of rotatable bonds is 3. The van der Waals surface area contributed by atoms with Crippen LogP contribution in [0.4, 0.5) is 5.82 Å². The van der Waals surface area contributed by atoms with Gasteiger partial charge in [-0.15, -0.1) is 10.2 Å². The molecule has 8 nitrogen and oxygen atoms in total. The quantitative estimate of drug-likeness (QED) is 0.662. The first-order chi connectivity index (χ1) is 14.8. The smallest absolute Gasteiger partial charge is 0.267 e. The summed E-state index contributed by atoms with van der Waals surface area (Å²) in [4.78, 5) is 21.0. The Balaban J connectivity index is 1.19. The Morgan fingerprint density at radius 2 is 1.77 bits per heavy atom. The van der Waals surface area contributed by atoms with Gasteiger partial charge in [0.2, 0.25) is 6.10 Å². The number of para-hydroxylation sites is 2. The van der Waals surface area contributed by atoms with Gasteiger partial charge < -0.3 is 19.3 Å². The molecule has 0 bridgehead atoms. The molecule has 1 saturated heterocycles. The van der Waals surface area contributed by atoms with Gasteiger partial charge in [-0.05, 0) is 36.4 Å². The number of carbonyl (C=O) groups excluding carboxylic acids is 1. The molecule has 4 heterocycles. The summed E-state index contributed by atoms with van der Waals surface area (Å²) in [6, 6.07) is 15.2. The Hall–Kier alpha value is -3.68. The minimum Gasteiger partial charge on any atom is -0.485 e. The molecule has 0 saturated carbocycles. The molecule has 3 aromatic rings. The van der Waals surface area contributed by atoms with Crippen molar-refractivity contribution in [3.63, 3.8) is 0 Å². The van der Waals surface area contributed by atoms with Crippen molar-refractivity contribution < 1.29 is 14.3 Å². The molecule has 0 radical (unpaired) electrons. The zero-order chi connectivity index (χ0) is 20.3. The van der Waals surface area contributed by atoms with Crippen LogP contribution in [-0.2, 0) is 4.79 Å². The first-order valence-electron chi connectivity index (χ1n) is 9.94. The second-order valence-corrected chi connectivity index (χ2v) is 7.20. The molecular weight excluding hydrogens is 382 g/mol. The highest BCUT2D eigenvalue weighted by molar-refractivity contribution is 5.82. The lowest BCUT2D eigenvalue weighted by molar-refractivity contribution is -0.141. The molecule has 5 rings (SSSR count). The third kappa shape index (κ3) is 3.63. The van der Waals surface area contributed by atoms with E-state index < -0.39 is 6.10 Å². The van der Waals surface area contributed by atoms with Crippen LogP contribution in [0.2, 0.25) is 0 Å². The average Bonchev–Trinajstić information content (AvgIpc) is 2.84. The molecule has 0 spiro atoms. The lowest BCUT2D eigenvalue weighted by Crippen LogP contribution is -2.54. The highest BCUT2D eigenvalue weighted by Crippen LogP contribution is 2.31.